The Labute approximate surface area is 347 Å². The largest absolute Gasteiger partial charge is 0.494 e. The number of furan rings is 1. The van der Waals surface area contributed by atoms with Crippen LogP contribution in [-0.2, 0) is 46.0 Å². The highest BCUT2D eigenvalue weighted by Gasteiger charge is 2.34. The van der Waals surface area contributed by atoms with Crippen LogP contribution in [0.25, 0.3) is 11.3 Å². The van der Waals surface area contributed by atoms with Crippen molar-refractivity contribution in [2.24, 2.45) is 11.8 Å². The quantitative estimate of drug-likeness (QED) is 0.0206. The lowest BCUT2D eigenvalue weighted by Crippen LogP contribution is -2.49. The molecule has 2 N–H and O–H groups in total. The number of nitrogens with one attached hydrogen (secondary N) is 2. The maximum atomic E-state index is 14.7. The average molecular weight is 832 g/mol. The lowest BCUT2D eigenvalue weighted by molar-refractivity contribution is -0.208. The molecule has 0 aliphatic carbocycles. The predicted octanol–water partition coefficient (Wildman–Crippen LogP) is 8.73. The molecule has 0 aliphatic heterocycles. The molecule has 0 bridgehead atoms. The van der Waals surface area contributed by atoms with Gasteiger partial charge in [-0.05, 0) is 74.1 Å². The Morgan fingerprint density at radius 3 is 2.00 bits per heavy atom. The van der Waals surface area contributed by atoms with Crippen LogP contribution in [0.1, 0.15) is 101 Å². The summed E-state index contributed by atoms with van der Waals surface area (Å²) < 4.78 is 38.7. The van der Waals surface area contributed by atoms with Crippen LogP contribution < -0.4 is 20.7 Å². The highest BCUT2D eigenvalue weighted by atomic mass is 31.2. The number of ether oxygens (including phenoxy) is 1. The first kappa shape index (κ1) is 46.5. The molecule has 3 aromatic carbocycles. The van der Waals surface area contributed by atoms with Gasteiger partial charge in [-0.25, -0.2) is 4.79 Å². The van der Waals surface area contributed by atoms with E-state index in [1.165, 1.54) is 6.07 Å². The van der Waals surface area contributed by atoms with Gasteiger partial charge in [-0.15, -0.1) is 0 Å². The van der Waals surface area contributed by atoms with Gasteiger partial charge in [-0.2, -0.15) is 5.06 Å². The number of amides is 3. The van der Waals surface area contributed by atoms with Gasteiger partial charge in [-0.1, -0.05) is 108 Å². The highest BCUT2D eigenvalue weighted by molar-refractivity contribution is 7.62. The standard InChI is InChI=1S/C45H58N3O10P/c1-6-11-14-23-39(40(9-4)48(32-49)58-45(52)35(7-2)8-3)43(50)46-31-47-44(51)42-25-24-41(57-42)36-26-37(54-10-5)28-38(27-36)59(53,55-29-33-19-15-12-16-20-33)56-30-34-21-17-13-18-22-34/h12-13,15-22,24-28,32,35,39-40H,6-11,14,23,29-31H2,1-5H3,(H,46,50)(H,47,51)/t39-,40-/m1/s1. The number of carbonyl (C=O) groups excluding carboxylic acids is 4. The van der Waals surface area contributed by atoms with Crippen LogP contribution in [0.5, 0.6) is 5.75 Å². The van der Waals surface area contributed by atoms with E-state index in [4.69, 9.17) is 23.0 Å². The van der Waals surface area contributed by atoms with Gasteiger partial charge >= 0.3 is 13.6 Å². The van der Waals surface area contributed by atoms with E-state index in [0.29, 0.717) is 55.8 Å². The molecule has 2 atom stereocenters. The van der Waals surface area contributed by atoms with Crippen LogP contribution >= 0.6 is 7.60 Å². The molecule has 14 heteroatoms. The molecule has 59 heavy (non-hydrogen) atoms. The molecule has 0 saturated carbocycles. The molecular weight excluding hydrogens is 773 g/mol. The topological polar surface area (TPSA) is 163 Å². The smallest absolute Gasteiger partial charge is 0.362 e. The van der Waals surface area contributed by atoms with Crippen LogP contribution in [0.15, 0.2) is 95.4 Å². The fourth-order valence-electron chi connectivity index (χ4n) is 6.55. The minimum Gasteiger partial charge on any atom is -0.494 e. The van der Waals surface area contributed by atoms with Crippen molar-refractivity contribution in [2.45, 2.75) is 98.8 Å². The van der Waals surface area contributed by atoms with Gasteiger partial charge in [0, 0.05) is 5.56 Å². The van der Waals surface area contributed by atoms with E-state index in [-0.39, 0.29) is 36.9 Å². The number of benzene rings is 3. The van der Waals surface area contributed by atoms with Gasteiger partial charge in [0.25, 0.3) is 5.91 Å². The van der Waals surface area contributed by atoms with Crippen LogP contribution in [0.3, 0.4) is 0 Å². The molecule has 0 unspecified atom stereocenters. The minimum atomic E-state index is -3.98. The summed E-state index contributed by atoms with van der Waals surface area (Å²) in [5.41, 5.74) is 2.09. The zero-order chi connectivity index (χ0) is 42.6. The van der Waals surface area contributed by atoms with Gasteiger partial charge < -0.3 is 33.7 Å². The van der Waals surface area contributed by atoms with Gasteiger partial charge in [0.1, 0.15) is 11.5 Å². The van der Waals surface area contributed by atoms with E-state index in [9.17, 15) is 23.7 Å². The molecule has 0 saturated heterocycles. The van der Waals surface area contributed by atoms with Crippen molar-refractivity contribution in [3.05, 3.63) is 108 Å². The second-order valence-electron chi connectivity index (χ2n) is 14.0. The first-order chi connectivity index (χ1) is 28.6. The third-order valence-corrected chi connectivity index (χ3v) is 11.7. The molecule has 0 fully saturated rings. The molecule has 4 rings (SSSR count). The van der Waals surface area contributed by atoms with E-state index in [1.54, 1.807) is 24.3 Å². The lowest BCUT2D eigenvalue weighted by Gasteiger charge is -2.32. The number of hydroxylamine groups is 2. The zero-order valence-electron chi connectivity index (χ0n) is 34.7. The first-order valence-electron chi connectivity index (χ1n) is 20.5. The Morgan fingerprint density at radius 2 is 1.44 bits per heavy atom. The van der Waals surface area contributed by atoms with Crippen molar-refractivity contribution in [1.82, 2.24) is 15.7 Å². The second kappa shape index (κ2) is 24.0. The molecule has 13 nitrogen and oxygen atoms in total. The zero-order valence-corrected chi connectivity index (χ0v) is 35.6. The van der Waals surface area contributed by atoms with E-state index in [2.05, 4.69) is 10.6 Å². The summed E-state index contributed by atoms with van der Waals surface area (Å²) in [6.45, 7) is 9.61. The molecule has 4 aromatic rings. The Hall–Kier alpha value is -5.23. The second-order valence-corrected chi connectivity index (χ2v) is 16.0. The Morgan fingerprint density at radius 1 is 0.797 bits per heavy atom. The van der Waals surface area contributed by atoms with Crippen molar-refractivity contribution < 1.29 is 46.8 Å². The number of unbranched alkanes of at least 4 members (excludes halogenated alkanes) is 2. The maximum Gasteiger partial charge on any atom is 0.362 e. The van der Waals surface area contributed by atoms with E-state index in [0.717, 1.165) is 35.5 Å². The van der Waals surface area contributed by atoms with Crippen molar-refractivity contribution >= 4 is 37.1 Å². The van der Waals surface area contributed by atoms with Gasteiger partial charge in [0.2, 0.25) is 12.3 Å². The van der Waals surface area contributed by atoms with E-state index < -0.39 is 37.3 Å². The normalized spacial score (nSPS) is 12.4. The molecule has 0 spiro atoms. The molecule has 318 valence electrons. The first-order valence-corrected chi connectivity index (χ1v) is 22.0. The molecule has 1 heterocycles. The van der Waals surface area contributed by atoms with Crippen molar-refractivity contribution in [3.63, 3.8) is 0 Å². The SMILES string of the molecule is CCCCC[C@@H](C(=O)NCNC(=O)c1ccc(-c2cc(OCC)cc(P(=O)(OCc3ccccc3)OCc3ccccc3)c2)o1)[C@@H](CC)N(C=O)OC(=O)C(CC)CC. The molecule has 3 amide bonds. The fraction of sp³-hybridized carbons (Fsp3) is 0.422. The number of rotatable bonds is 26. The molecule has 0 radical (unpaired) electrons. The van der Waals surface area contributed by atoms with Crippen LogP contribution in [0.2, 0.25) is 0 Å². The summed E-state index contributed by atoms with van der Waals surface area (Å²) in [7, 11) is -3.98. The third-order valence-electron chi connectivity index (χ3n) is 9.92. The summed E-state index contributed by atoms with van der Waals surface area (Å²) in [6.07, 6.45) is 4.91. The van der Waals surface area contributed by atoms with Crippen LogP contribution in [-0.4, -0.2) is 48.6 Å². The Balaban J connectivity index is 1.50. The van der Waals surface area contributed by atoms with Crippen molar-refractivity contribution in [3.8, 4) is 17.1 Å². The number of carbonyl (C=O) groups is 4. The van der Waals surface area contributed by atoms with Crippen LogP contribution in [0.4, 0.5) is 0 Å². The molecule has 1 aromatic heterocycles. The third kappa shape index (κ3) is 13.7. The molecular formula is C45H58N3O10P. The summed E-state index contributed by atoms with van der Waals surface area (Å²) in [6, 6.07) is 26.1. The van der Waals surface area contributed by atoms with Crippen LogP contribution in [0, 0.1) is 11.8 Å². The average Bonchev–Trinajstić information content (AvgIpc) is 3.76. The van der Waals surface area contributed by atoms with Gasteiger partial charge in [0.15, 0.2) is 5.76 Å². The van der Waals surface area contributed by atoms with E-state index in [1.807, 2.05) is 95.3 Å². The summed E-state index contributed by atoms with van der Waals surface area (Å²) >= 11 is 0. The van der Waals surface area contributed by atoms with Gasteiger partial charge in [0.05, 0.1) is 49.7 Å². The summed E-state index contributed by atoms with van der Waals surface area (Å²) in [4.78, 5) is 57.4. The van der Waals surface area contributed by atoms with Crippen molar-refractivity contribution in [1.29, 1.82) is 0 Å². The Kier molecular flexibility index (Phi) is 18.9. The monoisotopic (exact) mass is 831 g/mol. The minimum absolute atomic E-state index is 0.0302. The highest BCUT2D eigenvalue weighted by Crippen LogP contribution is 2.50. The van der Waals surface area contributed by atoms with Gasteiger partial charge in [-0.3, -0.25) is 18.9 Å². The Bertz CT molecular complexity index is 1920. The van der Waals surface area contributed by atoms with Crippen molar-refractivity contribution in [2.75, 3.05) is 13.3 Å². The summed E-state index contributed by atoms with van der Waals surface area (Å²) in [5, 5.41) is 6.64. The lowest BCUT2D eigenvalue weighted by atomic mass is 9.90. The fourth-order valence-corrected chi connectivity index (χ4v) is 8.15. The number of hydrogen-bond acceptors (Lipinski definition) is 10. The van der Waals surface area contributed by atoms with E-state index >= 15 is 0 Å². The predicted molar refractivity (Wildman–Crippen MR) is 225 cm³/mol. The number of nitrogens with zero attached hydrogens (tertiary/aromatic N) is 1. The maximum absolute atomic E-state index is 14.7. The number of hydrogen-bond donors (Lipinski definition) is 2. The molecule has 0 aliphatic rings. The summed E-state index contributed by atoms with van der Waals surface area (Å²) in [5.74, 6) is -1.91.